The van der Waals surface area contributed by atoms with Gasteiger partial charge in [0, 0.05) is 12.3 Å². The number of nitrogens with two attached hydrogens (primary N) is 1. The van der Waals surface area contributed by atoms with Crippen LogP contribution in [0.5, 0.6) is 0 Å². The van der Waals surface area contributed by atoms with Crippen molar-refractivity contribution < 1.29 is 0 Å². The number of rotatable bonds is 1. The van der Waals surface area contributed by atoms with Gasteiger partial charge in [0.1, 0.15) is 0 Å². The van der Waals surface area contributed by atoms with Gasteiger partial charge in [-0.1, -0.05) is 0 Å². The van der Waals surface area contributed by atoms with Gasteiger partial charge in [-0.2, -0.15) is 0 Å². The molecule has 1 aromatic heterocycles. The van der Waals surface area contributed by atoms with Gasteiger partial charge < -0.3 is 5.73 Å². The summed E-state index contributed by atoms with van der Waals surface area (Å²) in [6.07, 6.45) is 0.950. The van der Waals surface area contributed by atoms with Crippen LogP contribution < -0.4 is 17.0 Å². The Morgan fingerprint density at radius 1 is 1.64 bits per heavy atom. The lowest BCUT2D eigenvalue weighted by molar-refractivity contribution is 0.536. The third-order valence-corrected chi connectivity index (χ3v) is 1.29. The fourth-order valence-corrected chi connectivity index (χ4v) is 0.748. The Morgan fingerprint density at radius 3 is 2.73 bits per heavy atom. The third-order valence-electron chi connectivity index (χ3n) is 1.29. The number of nitrogens with one attached hydrogen (secondary N) is 1. The molecule has 0 aliphatic heterocycles. The van der Waals surface area contributed by atoms with Crippen molar-refractivity contribution in [1.82, 2.24) is 9.55 Å². The van der Waals surface area contributed by atoms with Crippen LogP contribution >= 0.6 is 0 Å². The minimum atomic E-state index is -0.479. The molecule has 0 saturated heterocycles. The molecule has 1 heterocycles. The zero-order chi connectivity index (χ0) is 8.43. The van der Waals surface area contributed by atoms with Crippen molar-refractivity contribution in [2.75, 3.05) is 0 Å². The Balaban J connectivity index is 3.32. The van der Waals surface area contributed by atoms with Gasteiger partial charge >= 0.3 is 5.69 Å². The predicted octanol–water partition coefficient (Wildman–Crippen LogP) is -0.986. The summed E-state index contributed by atoms with van der Waals surface area (Å²) < 4.78 is 1.24. The lowest BCUT2D eigenvalue weighted by Gasteiger charge is -2.06. The summed E-state index contributed by atoms with van der Waals surface area (Å²) in [4.78, 5) is 23.6. The van der Waals surface area contributed by atoms with Gasteiger partial charge in [-0.3, -0.25) is 14.3 Å². The molecule has 3 N–H and O–H groups in total. The van der Waals surface area contributed by atoms with Gasteiger partial charge in [0.25, 0.3) is 5.56 Å². The molecule has 0 bridgehead atoms. The lowest BCUT2D eigenvalue weighted by Crippen LogP contribution is -2.33. The van der Waals surface area contributed by atoms with Crippen molar-refractivity contribution in [1.29, 1.82) is 0 Å². The van der Waals surface area contributed by atoms with E-state index in [0.717, 1.165) is 0 Å². The average Bonchev–Trinajstić information content (AvgIpc) is 1.85. The topological polar surface area (TPSA) is 80.9 Å². The summed E-state index contributed by atoms with van der Waals surface area (Å²) in [7, 11) is 0. The second kappa shape index (κ2) is 2.71. The van der Waals surface area contributed by atoms with Gasteiger partial charge in [-0.05, 0) is 6.92 Å². The molecule has 0 saturated carbocycles. The van der Waals surface area contributed by atoms with E-state index < -0.39 is 17.4 Å². The van der Waals surface area contributed by atoms with Crippen LogP contribution in [0.3, 0.4) is 0 Å². The highest BCUT2D eigenvalue weighted by atomic mass is 16.2. The van der Waals surface area contributed by atoms with Crippen molar-refractivity contribution in [3.05, 3.63) is 33.1 Å². The van der Waals surface area contributed by atoms with E-state index in [-0.39, 0.29) is 0 Å². The first-order valence-corrected chi connectivity index (χ1v) is 3.18. The average molecular weight is 155 g/mol. The standard InChI is InChI=1S/C6H9N3O2/c1-4(7)9-3-2-5(10)8-6(9)11/h2-4H,7H2,1H3,(H,8,10,11). The molecule has 0 amide bonds. The molecule has 0 radical (unpaired) electrons. The Kier molecular flexibility index (Phi) is 1.91. The van der Waals surface area contributed by atoms with E-state index in [1.54, 1.807) is 6.92 Å². The first-order valence-electron chi connectivity index (χ1n) is 3.18. The number of aromatic nitrogens is 2. The van der Waals surface area contributed by atoms with Crippen LogP contribution in [0.1, 0.15) is 13.1 Å². The Hall–Kier alpha value is -1.36. The van der Waals surface area contributed by atoms with E-state index in [1.165, 1.54) is 16.8 Å². The number of hydrogen-bond acceptors (Lipinski definition) is 3. The van der Waals surface area contributed by atoms with E-state index in [1.807, 2.05) is 0 Å². The summed E-state index contributed by atoms with van der Waals surface area (Å²) in [6.45, 7) is 1.65. The Bertz CT molecular complexity index is 349. The molecular weight excluding hydrogens is 146 g/mol. The zero-order valence-electron chi connectivity index (χ0n) is 6.07. The molecule has 60 valence electrons. The summed E-state index contributed by atoms with van der Waals surface area (Å²) in [6, 6.07) is 1.25. The van der Waals surface area contributed by atoms with Crippen LogP contribution in [0.4, 0.5) is 0 Å². The third kappa shape index (κ3) is 1.56. The van der Waals surface area contributed by atoms with E-state index in [9.17, 15) is 9.59 Å². The minimum absolute atomic E-state index is 0.410. The molecule has 0 aliphatic rings. The number of H-pyrrole nitrogens is 1. The second-order valence-corrected chi connectivity index (χ2v) is 2.26. The van der Waals surface area contributed by atoms with Crippen LogP contribution in [0.25, 0.3) is 0 Å². The zero-order valence-corrected chi connectivity index (χ0v) is 6.07. The smallest absolute Gasteiger partial charge is 0.311 e. The van der Waals surface area contributed by atoms with Crippen LogP contribution in [0, 0.1) is 0 Å². The molecule has 5 nitrogen and oxygen atoms in total. The molecule has 5 heteroatoms. The van der Waals surface area contributed by atoms with Crippen molar-refractivity contribution in [2.45, 2.75) is 13.1 Å². The molecule has 1 rings (SSSR count). The fraction of sp³-hybridized carbons (Fsp3) is 0.333. The first kappa shape index (κ1) is 7.74. The van der Waals surface area contributed by atoms with E-state index >= 15 is 0 Å². The van der Waals surface area contributed by atoms with Crippen molar-refractivity contribution in [3.8, 4) is 0 Å². The summed E-state index contributed by atoms with van der Waals surface area (Å²) >= 11 is 0. The van der Waals surface area contributed by atoms with Crippen LogP contribution in [0.15, 0.2) is 21.9 Å². The Morgan fingerprint density at radius 2 is 2.27 bits per heavy atom. The van der Waals surface area contributed by atoms with E-state index in [4.69, 9.17) is 5.73 Å². The van der Waals surface area contributed by atoms with Gasteiger partial charge in [0.05, 0.1) is 6.17 Å². The van der Waals surface area contributed by atoms with Crippen LogP contribution in [-0.4, -0.2) is 9.55 Å². The van der Waals surface area contributed by atoms with Gasteiger partial charge in [0.15, 0.2) is 0 Å². The number of nitrogens with zero attached hydrogens (tertiary/aromatic N) is 1. The van der Waals surface area contributed by atoms with Crippen LogP contribution in [0.2, 0.25) is 0 Å². The molecule has 1 aromatic rings. The van der Waals surface area contributed by atoms with E-state index in [2.05, 4.69) is 4.98 Å². The molecule has 0 fully saturated rings. The monoisotopic (exact) mass is 155 g/mol. The normalized spacial score (nSPS) is 12.9. The molecular formula is C6H9N3O2. The van der Waals surface area contributed by atoms with Crippen molar-refractivity contribution in [3.63, 3.8) is 0 Å². The SMILES string of the molecule is CC(N)n1ccc(=O)[nH]c1=O. The molecule has 0 aromatic carbocycles. The quantitative estimate of drug-likeness (QED) is 0.546. The highest BCUT2D eigenvalue weighted by Crippen LogP contribution is 1.86. The minimum Gasteiger partial charge on any atom is -0.311 e. The van der Waals surface area contributed by atoms with Crippen molar-refractivity contribution in [2.24, 2.45) is 5.73 Å². The number of aromatic amines is 1. The fourth-order valence-electron chi connectivity index (χ4n) is 0.748. The van der Waals surface area contributed by atoms with Crippen molar-refractivity contribution >= 4 is 0 Å². The molecule has 1 unspecified atom stereocenters. The maximum atomic E-state index is 10.9. The highest BCUT2D eigenvalue weighted by molar-refractivity contribution is 4.83. The number of hydrogen-bond donors (Lipinski definition) is 2. The first-order chi connectivity index (χ1) is 5.11. The maximum absolute atomic E-state index is 10.9. The highest BCUT2D eigenvalue weighted by Gasteiger charge is 1.98. The molecule has 11 heavy (non-hydrogen) atoms. The van der Waals surface area contributed by atoms with Crippen LogP contribution in [-0.2, 0) is 0 Å². The molecule has 1 atom stereocenters. The summed E-state index contributed by atoms with van der Waals surface area (Å²) in [5.41, 5.74) is 4.52. The summed E-state index contributed by atoms with van der Waals surface area (Å²) in [5, 5.41) is 0. The second-order valence-electron chi connectivity index (χ2n) is 2.26. The summed E-state index contributed by atoms with van der Waals surface area (Å²) in [5.74, 6) is 0. The predicted molar refractivity (Wildman–Crippen MR) is 40.2 cm³/mol. The largest absolute Gasteiger partial charge is 0.329 e. The maximum Gasteiger partial charge on any atom is 0.329 e. The molecule has 0 aliphatic carbocycles. The van der Waals surface area contributed by atoms with Gasteiger partial charge in [-0.15, -0.1) is 0 Å². The Labute approximate surface area is 62.5 Å². The van der Waals surface area contributed by atoms with E-state index in [0.29, 0.717) is 0 Å². The molecule has 0 spiro atoms. The van der Waals surface area contributed by atoms with Gasteiger partial charge in [0.2, 0.25) is 0 Å². The lowest BCUT2D eigenvalue weighted by atomic mass is 10.5. The van der Waals surface area contributed by atoms with Gasteiger partial charge in [-0.25, -0.2) is 4.79 Å².